The van der Waals surface area contributed by atoms with E-state index in [1.165, 1.54) is 12.5 Å². The average molecular weight is 360 g/mol. The molecule has 0 atom stereocenters. The number of hydrogen-bond donors (Lipinski definition) is 0. The van der Waals surface area contributed by atoms with Crippen LogP contribution in [-0.2, 0) is 13.0 Å². The van der Waals surface area contributed by atoms with Gasteiger partial charge in [-0.25, -0.2) is 24.3 Å². The van der Waals surface area contributed by atoms with Crippen LogP contribution < -0.4 is 4.90 Å². The Morgan fingerprint density at radius 1 is 1.18 bits per heavy atom. The molecule has 0 aliphatic carbocycles. The van der Waals surface area contributed by atoms with E-state index in [1.807, 2.05) is 11.0 Å². The van der Waals surface area contributed by atoms with E-state index in [-0.39, 0.29) is 0 Å². The molecule has 0 spiro atoms. The zero-order chi connectivity index (χ0) is 15.1. The van der Waals surface area contributed by atoms with Crippen LogP contribution in [0.1, 0.15) is 11.3 Å². The van der Waals surface area contributed by atoms with Crippen LogP contribution in [-0.4, -0.2) is 26.5 Å². The summed E-state index contributed by atoms with van der Waals surface area (Å²) in [6.07, 6.45) is 5.05. The first-order valence-corrected chi connectivity index (χ1v) is 7.64. The lowest BCUT2D eigenvalue weighted by molar-refractivity contribution is 0.592. The molecule has 0 saturated carbocycles. The van der Waals surface area contributed by atoms with Crippen molar-refractivity contribution >= 4 is 32.8 Å². The van der Waals surface area contributed by atoms with E-state index in [2.05, 4.69) is 41.9 Å². The van der Waals surface area contributed by atoms with Gasteiger partial charge in [-0.1, -0.05) is 0 Å². The monoisotopic (exact) mass is 359 g/mol. The molecule has 0 radical (unpaired) electrons. The highest BCUT2D eigenvalue weighted by Crippen LogP contribution is 2.26. The molecular formula is C15H11BrFN5. The van der Waals surface area contributed by atoms with Crippen LogP contribution in [0.3, 0.4) is 0 Å². The SMILES string of the molecule is Fc1cncnc1N1CCc2nc3ncc(Br)cc3cc2C1. The molecular weight excluding hydrogens is 349 g/mol. The molecule has 0 N–H and O–H groups in total. The van der Waals surface area contributed by atoms with Crippen molar-refractivity contribution in [2.45, 2.75) is 13.0 Å². The molecule has 7 heteroatoms. The topological polar surface area (TPSA) is 54.8 Å². The molecule has 110 valence electrons. The molecule has 1 aliphatic heterocycles. The maximum Gasteiger partial charge on any atom is 0.183 e. The number of rotatable bonds is 1. The van der Waals surface area contributed by atoms with Gasteiger partial charge in [0, 0.05) is 41.3 Å². The van der Waals surface area contributed by atoms with Crippen molar-refractivity contribution in [1.29, 1.82) is 0 Å². The molecule has 5 nitrogen and oxygen atoms in total. The minimum absolute atomic E-state index is 0.341. The molecule has 3 aromatic rings. The normalized spacial score (nSPS) is 14.2. The third kappa shape index (κ3) is 2.31. The number of halogens is 2. The molecule has 0 bridgehead atoms. The number of nitrogens with zero attached hydrogens (tertiary/aromatic N) is 5. The summed E-state index contributed by atoms with van der Waals surface area (Å²) in [6, 6.07) is 4.06. The second-order valence-corrected chi connectivity index (χ2v) is 6.08. The van der Waals surface area contributed by atoms with E-state index in [9.17, 15) is 4.39 Å². The van der Waals surface area contributed by atoms with Gasteiger partial charge < -0.3 is 4.90 Å². The third-order valence-corrected chi connectivity index (χ3v) is 4.16. The first-order valence-electron chi connectivity index (χ1n) is 6.85. The Labute approximate surface area is 134 Å². The molecule has 0 amide bonds. The summed E-state index contributed by atoms with van der Waals surface area (Å²) in [7, 11) is 0. The van der Waals surface area contributed by atoms with Gasteiger partial charge in [-0.2, -0.15) is 0 Å². The minimum Gasteiger partial charge on any atom is -0.349 e. The molecule has 4 heterocycles. The third-order valence-electron chi connectivity index (χ3n) is 3.73. The quantitative estimate of drug-likeness (QED) is 0.668. The zero-order valence-corrected chi connectivity index (χ0v) is 13.1. The minimum atomic E-state index is -0.399. The number of aromatic nitrogens is 4. The summed E-state index contributed by atoms with van der Waals surface area (Å²) in [5, 5.41) is 0.970. The molecule has 0 aromatic carbocycles. The van der Waals surface area contributed by atoms with Gasteiger partial charge in [0.15, 0.2) is 17.3 Å². The Balaban J connectivity index is 1.75. The van der Waals surface area contributed by atoms with Crippen molar-refractivity contribution in [2.75, 3.05) is 11.4 Å². The molecule has 4 rings (SSSR count). The summed E-state index contributed by atoms with van der Waals surface area (Å²) in [4.78, 5) is 18.6. The Bertz CT molecular complexity index is 870. The second-order valence-electron chi connectivity index (χ2n) is 5.16. The van der Waals surface area contributed by atoms with E-state index in [1.54, 1.807) is 6.20 Å². The van der Waals surface area contributed by atoms with Gasteiger partial charge in [-0.3, -0.25) is 0 Å². The first-order chi connectivity index (χ1) is 10.7. The Morgan fingerprint density at radius 3 is 2.95 bits per heavy atom. The number of pyridine rings is 2. The van der Waals surface area contributed by atoms with Gasteiger partial charge in [0.05, 0.1) is 6.20 Å². The van der Waals surface area contributed by atoms with Crippen molar-refractivity contribution in [3.8, 4) is 0 Å². The maximum absolute atomic E-state index is 13.9. The van der Waals surface area contributed by atoms with Gasteiger partial charge in [-0.15, -0.1) is 0 Å². The van der Waals surface area contributed by atoms with E-state index < -0.39 is 5.82 Å². The number of anilines is 1. The van der Waals surface area contributed by atoms with Crippen LogP contribution in [0, 0.1) is 5.82 Å². The Morgan fingerprint density at radius 2 is 2.09 bits per heavy atom. The Kier molecular flexibility index (Phi) is 3.22. The van der Waals surface area contributed by atoms with Crippen molar-refractivity contribution < 1.29 is 4.39 Å². The van der Waals surface area contributed by atoms with Crippen LogP contribution in [0.2, 0.25) is 0 Å². The molecule has 0 fully saturated rings. The fourth-order valence-corrected chi connectivity index (χ4v) is 3.07. The van der Waals surface area contributed by atoms with Crippen molar-refractivity contribution in [2.24, 2.45) is 0 Å². The lowest BCUT2D eigenvalue weighted by Gasteiger charge is -2.29. The zero-order valence-electron chi connectivity index (χ0n) is 11.5. The molecule has 3 aromatic heterocycles. The van der Waals surface area contributed by atoms with E-state index >= 15 is 0 Å². The predicted octanol–water partition coefficient (Wildman–Crippen LogP) is 2.88. The standard InChI is InChI=1S/C15H11BrFN5/c16-11-4-9-3-10-7-22(15-12(17)6-18-8-20-15)2-1-13(10)21-14(9)19-5-11/h3-6,8H,1-2,7H2. The first kappa shape index (κ1) is 13.5. The number of fused-ring (bicyclic) bond motifs is 2. The molecule has 0 saturated heterocycles. The lowest BCUT2D eigenvalue weighted by Crippen LogP contribution is -2.32. The van der Waals surface area contributed by atoms with Crippen LogP contribution >= 0.6 is 15.9 Å². The molecule has 1 aliphatic rings. The summed E-state index contributed by atoms with van der Waals surface area (Å²) >= 11 is 3.42. The van der Waals surface area contributed by atoms with Crippen LogP contribution in [0.25, 0.3) is 11.0 Å². The fraction of sp³-hybridized carbons (Fsp3) is 0.200. The highest BCUT2D eigenvalue weighted by Gasteiger charge is 2.21. The van der Waals surface area contributed by atoms with Crippen molar-refractivity contribution in [1.82, 2.24) is 19.9 Å². The predicted molar refractivity (Wildman–Crippen MR) is 84.0 cm³/mol. The van der Waals surface area contributed by atoms with E-state index in [0.717, 1.165) is 33.2 Å². The highest BCUT2D eigenvalue weighted by atomic mass is 79.9. The average Bonchev–Trinajstić information content (AvgIpc) is 2.53. The van der Waals surface area contributed by atoms with Gasteiger partial charge in [0.2, 0.25) is 0 Å². The van der Waals surface area contributed by atoms with Crippen LogP contribution in [0.5, 0.6) is 0 Å². The van der Waals surface area contributed by atoms with Gasteiger partial charge in [0.1, 0.15) is 6.33 Å². The summed E-state index contributed by atoms with van der Waals surface area (Å²) < 4.78 is 14.8. The molecule has 22 heavy (non-hydrogen) atoms. The largest absolute Gasteiger partial charge is 0.349 e. The second kappa shape index (κ2) is 5.24. The number of hydrogen-bond acceptors (Lipinski definition) is 5. The summed E-state index contributed by atoms with van der Waals surface area (Å²) in [5.74, 6) is -0.0581. The lowest BCUT2D eigenvalue weighted by atomic mass is 10.0. The van der Waals surface area contributed by atoms with Gasteiger partial charge >= 0.3 is 0 Å². The summed E-state index contributed by atoms with van der Waals surface area (Å²) in [6.45, 7) is 1.26. The van der Waals surface area contributed by atoms with Crippen molar-refractivity contribution in [3.63, 3.8) is 0 Å². The van der Waals surface area contributed by atoms with Crippen LogP contribution in [0.15, 0.2) is 35.3 Å². The fourth-order valence-electron chi connectivity index (χ4n) is 2.72. The van der Waals surface area contributed by atoms with Crippen LogP contribution in [0.4, 0.5) is 10.2 Å². The van der Waals surface area contributed by atoms with E-state index in [0.29, 0.717) is 18.9 Å². The van der Waals surface area contributed by atoms with E-state index in [4.69, 9.17) is 0 Å². The smallest absolute Gasteiger partial charge is 0.183 e. The van der Waals surface area contributed by atoms with Crippen molar-refractivity contribution in [3.05, 3.63) is 52.4 Å². The van der Waals surface area contributed by atoms with Gasteiger partial charge in [-0.05, 0) is 33.6 Å². The maximum atomic E-state index is 13.9. The Hall–Kier alpha value is -2.15. The molecule has 0 unspecified atom stereocenters. The highest BCUT2D eigenvalue weighted by molar-refractivity contribution is 9.10. The van der Waals surface area contributed by atoms with Gasteiger partial charge in [0.25, 0.3) is 0 Å². The summed E-state index contributed by atoms with van der Waals surface area (Å²) in [5.41, 5.74) is 2.84.